The zero-order valence-corrected chi connectivity index (χ0v) is 16.8. The predicted octanol–water partition coefficient (Wildman–Crippen LogP) is 3.78. The van der Waals surface area contributed by atoms with Crippen LogP contribution in [0.1, 0.15) is 64.2 Å². The van der Waals surface area contributed by atoms with Crippen molar-refractivity contribution in [2.45, 2.75) is 59.5 Å². The summed E-state index contributed by atoms with van der Waals surface area (Å²) in [5.41, 5.74) is 2.82. The van der Waals surface area contributed by atoms with E-state index >= 15 is 0 Å². The van der Waals surface area contributed by atoms with E-state index in [1.807, 2.05) is 37.8 Å². The Morgan fingerprint density at radius 2 is 2.04 bits per heavy atom. The van der Waals surface area contributed by atoms with Gasteiger partial charge in [0.25, 0.3) is 0 Å². The highest BCUT2D eigenvalue weighted by atomic mass is 16.3. The van der Waals surface area contributed by atoms with Crippen molar-refractivity contribution in [3.63, 3.8) is 0 Å². The Balaban J connectivity index is 1.74. The van der Waals surface area contributed by atoms with Gasteiger partial charge in [-0.2, -0.15) is 0 Å². The molecule has 4 heteroatoms. The van der Waals surface area contributed by atoms with E-state index in [1.54, 1.807) is 0 Å². The zero-order chi connectivity index (χ0) is 18.9. The van der Waals surface area contributed by atoms with Crippen molar-refractivity contribution in [3.8, 4) is 0 Å². The van der Waals surface area contributed by atoms with Gasteiger partial charge >= 0.3 is 0 Å². The van der Waals surface area contributed by atoms with E-state index in [0.29, 0.717) is 6.54 Å². The molecule has 2 atom stereocenters. The number of carbonyl (C=O) groups is 1. The van der Waals surface area contributed by atoms with E-state index in [0.717, 1.165) is 49.6 Å². The van der Waals surface area contributed by atoms with Gasteiger partial charge in [-0.15, -0.1) is 0 Å². The van der Waals surface area contributed by atoms with E-state index in [1.165, 1.54) is 18.4 Å². The van der Waals surface area contributed by atoms with Crippen LogP contribution in [0.3, 0.4) is 0 Å². The maximum Gasteiger partial charge on any atom is 0.232 e. The number of carbonyl (C=O) groups excluding carboxylic acids is 1. The van der Waals surface area contributed by atoms with Crippen LogP contribution in [0.5, 0.6) is 0 Å². The molecule has 1 N–H and O–H groups in total. The number of amides is 1. The smallest absolute Gasteiger partial charge is 0.232 e. The number of aliphatic hydroxyl groups excluding tert-OH is 1. The number of anilines is 1. The molecule has 0 aromatic heterocycles. The van der Waals surface area contributed by atoms with Gasteiger partial charge < -0.3 is 14.9 Å². The molecule has 144 valence electrons. The van der Waals surface area contributed by atoms with Gasteiger partial charge in [-0.1, -0.05) is 39.8 Å². The standard InChI is InChI=1S/C22H34N2O2/c1-16-7-5-11-23(14-16)15-20(25)18-9-10-19-17(13-18)8-6-12-24(19)21(26)22(2,3)4/h9-10,13,16,20,25H,5-8,11-12,14-15H2,1-4H3/t16-,20+/m1/s1. The lowest BCUT2D eigenvalue weighted by Crippen LogP contribution is -2.42. The molecule has 4 nitrogen and oxygen atoms in total. The summed E-state index contributed by atoms with van der Waals surface area (Å²) in [7, 11) is 0. The first-order chi connectivity index (χ1) is 12.3. The van der Waals surface area contributed by atoms with Gasteiger partial charge in [0.15, 0.2) is 0 Å². The third-order valence-corrected chi connectivity index (χ3v) is 5.67. The van der Waals surface area contributed by atoms with Crippen LogP contribution in [0.4, 0.5) is 5.69 Å². The van der Waals surface area contributed by atoms with Crippen LogP contribution in [0, 0.1) is 11.3 Å². The minimum atomic E-state index is -0.459. The van der Waals surface area contributed by atoms with E-state index in [-0.39, 0.29) is 11.3 Å². The first-order valence-corrected chi connectivity index (χ1v) is 10.1. The molecule has 0 aliphatic carbocycles. The summed E-state index contributed by atoms with van der Waals surface area (Å²) in [6.45, 7) is 11.9. The third kappa shape index (κ3) is 4.29. The van der Waals surface area contributed by atoms with E-state index in [9.17, 15) is 9.90 Å². The largest absolute Gasteiger partial charge is 0.387 e. The molecule has 0 radical (unpaired) electrons. The Bertz CT molecular complexity index is 650. The van der Waals surface area contributed by atoms with Crippen molar-refractivity contribution in [2.24, 2.45) is 11.3 Å². The first-order valence-electron chi connectivity index (χ1n) is 10.1. The van der Waals surface area contributed by atoms with Crippen molar-refractivity contribution in [3.05, 3.63) is 29.3 Å². The molecule has 1 amide bonds. The fourth-order valence-corrected chi connectivity index (χ4v) is 4.24. The molecule has 3 rings (SSSR count). The third-order valence-electron chi connectivity index (χ3n) is 5.67. The lowest BCUT2D eigenvalue weighted by Gasteiger charge is -2.35. The maximum atomic E-state index is 12.8. The number of hydrogen-bond acceptors (Lipinski definition) is 3. The molecule has 26 heavy (non-hydrogen) atoms. The molecule has 0 spiro atoms. The highest BCUT2D eigenvalue weighted by Gasteiger charge is 2.31. The van der Waals surface area contributed by atoms with Crippen molar-refractivity contribution in [2.75, 3.05) is 31.1 Å². The molecule has 1 saturated heterocycles. The van der Waals surface area contributed by atoms with E-state index in [4.69, 9.17) is 0 Å². The number of fused-ring (bicyclic) bond motifs is 1. The average molecular weight is 359 g/mol. The number of benzene rings is 1. The summed E-state index contributed by atoms with van der Waals surface area (Å²) in [5.74, 6) is 0.894. The number of aliphatic hydroxyl groups is 1. The molecule has 2 aliphatic heterocycles. The molecular weight excluding hydrogens is 324 g/mol. The Morgan fingerprint density at radius 1 is 1.27 bits per heavy atom. The molecule has 1 fully saturated rings. The van der Waals surface area contributed by atoms with Crippen molar-refractivity contribution in [1.29, 1.82) is 0 Å². The summed E-state index contributed by atoms with van der Waals surface area (Å²) < 4.78 is 0. The second kappa shape index (κ2) is 7.69. The normalized spacial score (nSPS) is 22.8. The van der Waals surface area contributed by atoms with Crippen molar-refractivity contribution >= 4 is 11.6 Å². The predicted molar refractivity (Wildman–Crippen MR) is 106 cm³/mol. The van der Waals surface area contributed by atoms with Crippen molar-refractivity contribution in [1.82, 2.24) is 4.90 Å². The van der Waals surface area contributed by atoms with Crippen LogP contribution in [-0.4, -0.2) is 42.1 Å². The van der Waals surface area contributed by atoms with E-state index < -0.39 is 6.10 Å². The van der Waals surface area contributed by atoms with Crippen LogP contribution in [0.25, 0.3) is 0 Å². The lowest BCUT2D eigenvalue weighted by atomic mass is 9.91. The van der Waals surface area contributed by atoms with Crippen LogP contribution in [-0.2, 0) is 11.2 Å². The monoisotopic (exact) mass is 358 g/mol. The Morgan fingerprint density at radius 3 is 2.73 bits per heavy atom. The summed E-state index contributed by atoms with van der Waals surface area (Å²) in [5, 5.41) is 10.7. The summed E-state index contributed by atoms with van der Waals surface area (Å²) in [6.07, 6.45) is 4.02. The Kier molecular flexibility index (Phi) is 5.73. The summed E-state index contributed by atoms with van der Waals surface area (Å²) in [4.78, 5) is 17.1. The number of β-amino-alcohol motifs (C(OH)–C–C–N with tert-alkyl or cyclic N) is 1. The zero-order valence-electron chi connectivity index (χ0n) is 16.8. The van der Waals surface area contributed by atoms with Gasteiger partial charge in [0.2, 0.25) is 5.91 Å². The second-order valence-electron chi connectivity index (χ2n) is 9.22. The van der Waals surface area contributed by atoms with Gasteiger partial charge in [0.05, 0.1) is 6.10 Å². The molecule has 1 aromatic rings. The van der Waals surface area contributed by atoms with Crippen LogP contribution in [0.2, 0.25) is 0 Å². The summed E-state index contributed by atoms with van der Waals surface area (Å²) >= 11 is 0. The Hall–Kier alpha value is -1.39. The minimum absolute atomic E-state index is 0.175. The average Bonchev–Trinajstić information content (AvgIpc) is 2.59. The molecule has 0 bridgehead atoms. The SMILES string of the molecule is C[C@@H]1CCCN(C[C@H](O)c2ccc3c(c2)CCCN3C(=O)C(C)(C)C)C1. The van der Waals surface area contributed by atoms with Gasteiger partial charge in [-0.25, -0.2) is 0 Å². The molecule has 0 saturated carbocycles. The quantitative estimate of drug-likeness (QED) is 0.894. The maximum absolute atomic E-state index is 12.8. The number of aryl methyl sites for hydroxylation is 1. The van der Waals surface area contributed by atoms with Crippen LogP contribution >= 0.6 is 0 Å². The number of hydrogen-bond donors (Lipinski definition) is 1. The highest BCUT2D eigenvalue weighted by molar-refractivity contribution is 5.98. The molecular formula is C22H34N2O2. The van der Waals surface area contributed by atoms with Gasteiger partial charge in [-0.05, 0) is 55.3 Å². The Labute approximate surface area is 158 Å². The second-order valence-corrected chi connectivity index (χ2v) is 9.22. The van der Waals surface area contributed by atoms with Gasteiger partial charge in [0, 0.05) is 30.7 Å². The molecule has 0 unspecified atom stereocenters. The summed E-state index contributed by atoms with van der Waals surface area (Å²) in [6, 6.07) is 6.16. The number of piperidine rings is 1. The molecule has 2 aliphatic rings. The van der Waals surface area contributed by atoms with E-state index in [2.05, 4.69) is 17.9 Å². The molecule has 1 aromatic carbocycles. The van der Waals surface area contributed by atoms with Gasteiger partial charge in [-0.3, -0.25) is 4.79 Å². The minimum Gasteiger partial charge on any atom is -0.387 e. The first kappa shape index (κ1) is 19.4. The lowest BCUT2D eigenvalue weighted by molar-refractivity contribution is -0.125. The molecule has 2 heterocycles. The van der Waals surface area contributed by atoms with Crippen LogP contribution < -0.4 is 4.90 Å². The number of likely N-dealkylation sites (tertiary alicyclic amines) is 1. The van der Waals surface area contributed by atoms with Crippen molar-refractivity contribution < 1.29 is 9.90 Å². The fraction of sp³-hybridized carbons (Fsp3) is 0.682. The fourth-order valence-electron chi connectivity index (χ4n) is 4.24. The number of rotatable bonds is 3. The number of nitrogens with zero attached hydrogens (tertiary/aromatic N) is 2. The topological polar surface area (TPSA) is 43.8 Å². The van der Waals surface area contributed by atoms with Gasteiger partial charge in [0.1, 0.15) is 0 Å². The highest BCUT2D eigenvalue weighted by Crippen LogP contribution is 2.33. The van der Waals surface area contributed by atoms with Crippen LogP contribution in [0.15, 0.2) is 18.2 Å².